The molecule has 0 aromatic carbocycles. The summed E-state index contributed by atoms with van der Waals surface area (Å²) in [6.45, 7) is 4.25. The SMILES string of the molecule is CCCCCCCCC=CCCCCCCCC(=O)OP(=O)(O)OC(CN)C(=O)CCCCCCCC=CCCCCCCCC. The third-order valence-corrected chi connectivity index (χ3v) is 9.33. The summed E-state index contributed by atoms with van der Waals surface area (Å²) in [5.74, 6) is -1.12. The second-order valence-corrected chi connectivity index (χ2v) is 14.2. The highest BCUT2D eigenvalue weighted by Gasteiger charge is 2.32. The number of unbranched alkanes of at least 4 members (excludes halogenated alkanes) is 22. The van der Waals surface area contributed by atoms with Gasteiger partial charge in [-0.15, -0.1) is 0 Å². The van der Waals surface area contributed by atoms with Crippen LogP contribution in [0, 0.1) is 0 Å². The lowest BCUT2D eigenvalue weighted by atomic mass is 10.0. The topological polar surface area (TPSA) is 116 Å². The average Bonchev–Trinajstić information content (AvgIpc) is 3.03. The van der Waals surface area contributed by atoms with Gasteiger partial charge in [0.05, 0.1) is 0 Å². The first-order valence-corrected chi connectivity index (χ1v) is 20.6. The van der Waals surface area contributed by atoms with Crippen LogP contribution >= 0.6 is 7.82 Å². The van der Waals surface area contributed by atoms with Gasteiger partial charge in [-0.3, -0.25) is 19.0 Å². The molecule has 0 amide bonds. The molecule has 0 bridgehead atoms. The standard InChI is InChI=1S/C38H72NO6P/c1-3-5-7-9-11-13-15-17-19-21-23-25-27-29-31-33-36(40)37(35-39)44-46(42,43)45-38(41)34-32-30-28-26-24-22-20-18-16-14-12-10-8-6-4-2/h17-20,37H,3-16,21-35,39H2,1-2H3,(H,42,43). The van der Waals surface area contributed by atoms with Crippen LogP contribution in [0.5, 0.6) is 0 Å². The van der Waals surface area contributed by atoms with Crippen molar-refractivity contribution < 1.29 is 28.1 Å². The number of allylic oxidation sites excluding steroid dienone is 4. The van der Waals surface area contributed by atoms with Crippen molar-refractivity contribution in [2.45, 2.75) is 200 Å². The highest BCUT2D eigenvalue weighted by Crippen LogP contribution is 2.45. The van der Waals surface area contributed by atoms with E-state index in [-0.39, 0.29) is 25.2 Å². The predicted octanol–water partition coefficient (Wildman–Crippen LogP) is 11.6. The Morgan fingerprint density at radius 3 is 1.33 bits per heavy atom. The minimum atomic E-state index is -4.70. The van der Waals surface area contributed by atoms with Gasteiger partial charge in [0.1, 0.15) is 6.10 Å². The van der Waals surface area contributed by atoms with Gasteiger partial charge in [0.15, 0.2) is 5.78 Å². The molecule has 0 aromatic heterocycles. The molecule has 0 saturated carbocycles. The Bertz CT molecular complexity index is 815. The van der Waals surface area contributed by atoms with E-state index < -0.39 is 19.9 Å². The van der Waals surface area contributed by atoms with Gasteiger partial charge in [0, 0.05) is 19.4 Å². The Hall–Kier alpha value is -1.27. The number of carbonyl (C=O) groups is 2. The lowest BCUT2D eigenvalue weighted by Gasteiger charge is -2.18. The van der Waals surface area contributed by atoms with Crippen LogP contribution in [0.2, 0.25) is 0 Å². The fourth-order valence-corrected chi connectivity index (χ4v) is 6.38. The highest BCUT2D eigenvalue weighted by atomic mass is 31.2. The number of rotatable bonds is 35. The van der Waals surface area contributed by atoms with E-state index in [9.17, 15) is 19.0 Å². The predicted molar refractivity (Wildman–Crippen MR) is 194 cm³/mol. The van der Waals surface area contributed by atoms with Crippen LogP contribution in [-0.4, -0.2) is 29.3 Å². The first-order valence-electron chi connectivity index (χ1n) is 19.1. The molecule has 46 heavy (non-hydrogen) atoms. The van der Waals surface area contributed by atoms with Crippen molar-refractivity contribution in [3.63, 3.8) is 0 Å². The van der Waals surface area contributed by atoms with Gasteiger partial charge in [-0.1, -0.05) is 141 Å². The summed E-state index contributed by atoms with van der Waals surface area (Å²) in [5, 5.41) is 0. The second kappa shape index (κ2) is 33.6. The van der Waals surface area contributed by atoms with E-state index in [2.05, 4.69) is 38.2 Å². The number of Topliss-reactive ketones (excluding diaryl/α,β-unsaturated/α-hetero) is 1. The Morgan fingerprint density at radius 1 is 0.587 bits per heavy atom. The van der Waals surface area contributed by atoms with Crippen molar-refractivity contribution in [1.29, 1.82) is 0 Å². The minimum absolute atomic E-state index is 0.0439. The number of ketones is 1. The van der Waals surface area contributed by atoms with Crippen LogP contribution in [0.3, 0.4) is 0 Å². The smallest absolute Gasteiger partial charge is 0.371 e. The highest BCUT2D eigenvalue weighted by molar-refractivity contribution is 7.48. The summed E-state index contributed by atoms with van der Waals surface area (Å²) in [4.78, 5) is 34.6. The van der Waals surface area contributed by atoms with Crippen molar-refractivity contribution >= 4 is 19.6 Å². The van der Waals surface area contributed by atoms with E-state index in [0.29, 0.717) is 12.8 Å². The van der Waals surface area contributed by atoms with Crippen molar-refractivity contribution in [2.24, 2.45) is 5.73 Å². The molecule has 0 rings (SSSR count). The third kappa shape index (κ3) is 31.3. The summed E-state index contributed by atoms with van der Waals surface area (Å²) < 4.78 is 22.0. The first kappa shape index (κ1) is 44.7. The van der Waals surface area contributed by atoms with Crippen molar-refractivity contribution in [3.05, 3.63) is 24.3 Å². The average molecular weight is 670 g/mol. The Labute approximate surface area is 283 Å². The molecule has 0 saturated heterocycles. The van der Waals surface area contributed by atoms with Crippen LogP contribution in [0.1, 0.15) is 194 Å². The molecule has 0 heterocycles. The zero-order valence-corrected chi connectivity index (χ0v) is 30.8. The maximum atomic E-state index is 12.5. The lowest BCUT2D eigenvalue weighted by Crippen LogP contribution is -2.32. The quantitative estimate of drug-likeness (QED) is 0.0392. The van der Waals surface area contributed by atoms with Crippen LogP contribution in [-0.2, 0) is 23.2 Å². The van der Waals surface area contributed by atoms with Gasteiger partial charge in [0.2, 0.25) is 0 Å². The number of hydrogen-bond acceptors (Lipinski definition) is 6. The Morgan fingerprint density at radius 2 is 0.935 bits per heavy atom. The van der Waals surface area contributed by atoms with Crippen molar-refractivity contribution in [2.75, 3.05) is 6.54 Å². The Balaban J connectivity index is 3.85. The number of phosphoric acid groups is 1. The molecule has 0 radical (unpaired) electrons. The van der Waals surface area contributed by atoms with Gasteiger partial charge >= 0.3 is 13.8 Å². The molecular formula is C38H72NO6P. The number of hydrogen-bond donors (Lipinski definition) is 2. The van der Waals surface area contributed by atoms with Crippen molar-refractivity contribution in [1.82, 2.24) is 0 Å². The minimum Gasteiger partial charge on any atom is -0.371 e. The van der Waals surface area contributed by atoms with Crippen LogP contribution in [0.25, 0.3) is 0 Å². The summed E-state index contributed by atoms with van der Waals surface area (Å²) in [7, 11) is -4.70. The van der Waals surface area contributed by atoms with E-state index in [1.165, 1.54) is 89.9 Å². The Kier molecular flexibility index (Phi) is 32.7. The molecule has 8 heteroatoms. The van der Waals surface area contributed by atoms with E-state index in [0.717, 1.165) is 64.2 Å². The van der Waals surface area contributed by atoms with Crippen LogP contribution in [0.4, 0.5) is 0 Å². The number of carbonyl (C=O) groups excluding carboxylic acids is 2. The summed E-state index contributed by atoms with van der Waals surface area (Å²) in [6.07, 6.45) is 38.2. The molecule has 7 nitrogen and oxygen atoms in total. The van der Waals surface area contributed by atoms with Gasteiger partial charge in [-0.2, -0.15) is 0 Å². The molecule has 3 N–H and O–H groups in total. The van der Waals surface area contributed by atoms with Gasteiger partial charge in [-0.25, -0.2) is 4.57 Å². The maximum absolute atomic E-state index is 12.5. The molecule has 2 atom stereocenters. The fraction of sp³-hybridized carbons (Fsp3) is 0.842. The number of phosphoric ester groups is 1. The third-order valence-electron chi connectivity index (χ3n) is 8.38. The molecule has 0 fully saturated rings. The molecule has 0 aliphatic heterocycles. The van der Waals surface area contributed by atoms with Crippen LogP contribution in [0.15, 0.2) is 24.3 Å². The lowest BCUT2D eigenvalue weighted by molar-refractivity contribution is -0.138. The summed E-state index contributed by atoms with van der Waals surface area (Å²) in [5.41, 5.74) is 5.64. The maximum Gasteiger partial charge on any atom is 0.530 e. The summed E-state index contributed by atoms with van der Waals surface area (Å²) >= 11 is 0. The fourth-order valence-electron chi connectivity index (χ4n) is 5.46. The first-order chi connectivity index (χ1) is 22.4. The second-order valence-electron chi connectivity index (χ2n) is 12.9. The molecule has 2 unspecified atom stereocenters. The van der Waals surface area contributed by atoms with E-state index in [4.69, 9.17) is 14.8 Å². The van der Waals surface area contributed by atoms with Gasteiger partial charge in [0.25, 0.3) is 0 Å². The molecule has 0 aliphatic rings. The molecule has 0 aromatic rings. The molecule has 270 valence electrons. The normalized spacial score (nSPS) is 13.8. The van der Waals surface area contributed by atoms with Gasteiger partial charge < -0.3 is 10.3 Å². The monoisotopic (exact) mass is 670 g/mol. The van der Waals surface area contributed by atoms with Gasteiger partial charge in [-0.05, 0) is 64.2 Å². The van der Waals surface area contributed by atoms with Crippen LogP contribution < -0.4 is 5.73 Å². The zero-order chi connectivity index (χ0) is 34.0. The zero-order valence-electron chi connectivity index (χ0n) is 29.9. The van der Waals surface area contributed by atoms with E-state index in [1.54, 1.807) is 0 Å². The van der Waals surface area contributed by atoms with E-state index >= 15 is 0 Å². The molecule has 0 aliphatic carbocycles. The number of nitrogens with two attached hydrogens (primary N) is 1. The molecule has 0 spiro atoms. The van der Waals surface area contributed by atoms with Crippen molar-refractivity contribution in [3.8, 4) is 0 Å². The largest absolute Gasteiger partial charge is 0.530 e. The molecular weight excluding hydrogens is 597 g/mol. The van der Waals surface area contributed by atoms with E-state index in [1.807, 2.05) is 0 Å². The summed E-state index contributed by atoms with van der Waals surface area (Å²) in [6, 6.07) is 0.